The van der Waals surface area contributed by atoms with E-state index in [0.29, 0.717) is 25.6 Å². The molecule has 0 unspecified atom stereocenters. The maximum Gasteiger partial charge on any atom is 0.219 e. The Morgan fingerprint density at radius 3 is 2.55 bits per heavy atom. The first kappa shape index (κ1) is 16.7. The lowest BCUT2D eigenvalue weighted by atomic mass is 9.96. The van der Waals surface area contributed by atoms with Gasteiger partial charge in [-0.3, -0.25) is 4.79 Å². The van der Waals surface area contributed by atoms with Crippen LogP contribution in [0.5, 0.6) is 0 Å². The minimum absolute atomic E-state index is 0.293. The number of nitrogens with zero attached hydrogens (tertiary/aromatic N) is 1. The molecule has 0 bridgehead atoms. The van der Waals surface area contributed by atoms with Crippen molar-refractivity contribution in [3.63, 3.8) is 0 Å². The number of carbonyl (C=O) groups is 1. The molecule has 0 atom stereocenters. The minimum atomic E-state index is -0.293. The smallest absolute Gasteiger partial charge is 0.219 e. The average Bonchev–Trinajstić information content (AvgIpc) is 2.53. The van der Waals surface area contributed by atoms with Crippen molar-refractivity contribution in [2.75, 3.05) is 6.54 Å². The first-order valence-electron chi connectivity index (χ1n) is 8.03. The van der Waals surface area contributed by atoms with Crippen LogP contribution in [0.2, 0.25) is 0 Å². The van der Waals surface area contributed by atoms with Gasteiger partial charge in [-0.15, -0.1) is 0 Å². The van der Waals surface area contributed by atoms with Crippen molar-refractivity contribution in [3.8, 4) is 0 Å². The molecule has 1 aromatic rings. The lowest BCUT2D eigenvalue weighted by molar-refractivity contribution is -0.118. The zero-order chi connectivity index (χ0) is 15.8. The molecule has 1 fully saturated rings. The Hall–Kier alpha value is -1.62. The third-order valence-electron chi connectivity index (χ3n) is 4.06. The Labute approximate surface area is 138 Å². The molecule has 120 valence electrons. The molecule has 1 aromatic carbocycles. The molecule has 4 nitrogen and oxygen atoms in total. The van der Waals surface area contributed by atoms with Gasteiger partial charge in [-0.1, -0.05) is 49.6 Å². The van der Waals surface area contributed by atoms with Crippen LogP contribution in [0, 0.1) is 0 Å². The van der Waals surface area contributed by atoms with Gasteiger partial charge in [-0.05, 0) is 30.6 Å². The second-order valence-electron chi connectivity index (χ2n) is 5.91. The molecule has 2 rings (SSSR count). The highest BCUT2D eigenvalue weighted by Crippen LogP contribution is 2.18. The van der Waals surface area contributed by atoms with Crippen molar-refractivity contribution in [3.05, 3.63) is 35.9 Å². The van der Waals surface area contributed by atoms with Crippen molar-refractivity contribution in [1.29, 1.82) is 0 Å². The van der Waals surface area contributed by atoms with Gasteiger partial charge in [0.1, 0.15) is 0 Å². The molecule has 0 spiro atoms. The van der Waals surface area contributed by atoms with E-state index in [1.54, 1.807) is 0 Å². The fraction of sp³-hybridized carbons (Fsp3) is 0.529. The van der Waals surface area contributed by atoms with Crippen LogP contribution in [-0.4, -0.2) is 28.5 Å². The number of benzene rings is 1. The molecule has 0 aromatic heterocycles. The topological polar surface area (TPSA) is 58.4 Å². The maximum absolute atomic E-state index is 11.1. The van der Waals surface area contributed by atoms with Gasteiger partial charge in [0.2, 0.25) is 5.91 Å². The summed E-state index contributed by atoms with van der Waals surface area (Å²) < 4.78 is 0. The van der Waals surface area contributed by atoms with Gasteiger partial charge in [0, 0.05) is 25.6 Å². The summed E-state index contributed by atoms with van der Waals surface area (Å²) in [5.74, 6) is -0.293. The summed E-state index contributed by atoms with van der Waals surface area (Å²) in [6.45, 7) is 1.26. The molecule has 1 aliphatic rings. The molecule has 1 saturated carbocycles. The van der Waals surface area contributed by atoms with Crippen LogP contribution in [-0.2, 0) is 11.3 Å². The predicted octanol–water partition coefficient (Wildman–Crippen LogP) is 2.57. The van der Waals surface area contributed by atoms with Crippen molar-refractivity contribution in [1.82, 2.24) is 10.2 Å². The van der Waals surface area contributed by atoms with Crippen LogP contribution in [0.3, 0.4) is 0 Å². The molecule has 5 heteroatoms. The number of hydrogen-bond donors (Lipinski definition) is 2. The van der Waals surface area contributed by atoms with E-state index in [1.165, 1.54) is 37.7 Å². The summed E-state index contributed by atoms with van der Waals surface area (Å²) in [5, 5.41) is 4.20. The van der Waals surface area contributed by atoms with Crippen LogP contribution < -0.4 is 11.1 Å². The van der Waals surface area contributed by atoms with E-state index < -0.39 is 0 Å². The van der Waals surface area contributed by atoms with E-state index in [0.717, 1.165) is 5.11 Å². The normalized spacial score (nSPS) is 15.3. The van der Waals surface area contributed by atoms with E-state index >= 15 is 0 Å². The predicted molar refractivity (Wildman–Crippen MR) is 93.3 cm³/mol. The van der Waals surface area contributed by atoms with Crippen LogP contribution in [0.4, 0.5) is 0 Å². The SMILES string of the molecule is NC(=O)CCN(Cc1ccccc1)C(=S)NC1CCCCC1. The zero-order valence-corrected chi connectivity index (χ0v) is 13.8. The molecule has 1 amide bonds. The van der Waals surface area contributed by atoms with Gasteiger partial charge >= 0.3 is 0 Å². The lowest BCUT2D eigenvalue weighted by Crippen LogP contribution is -2.45. The van der Waals surface area contributed by atoms with Crippen molar-refractivity contribution >= 4 is 23.2 Å². The average molecular weight is 319 g/mol. The molecule has 3 N–H and O–H groups in total. The molecule has 0 saturated heterocycles. The van der Waals surface area contributed by atoms with Crippen LogP contribution in [0.25, 0.3) is 0 Å². The number of primary amides is 1. The number of nitrogens with two attached hydrogens (primary N) is 1. The number of thiocarbonyl (C=S) groups is 1. The summed E-state index contributed by atoms with van der Waals surface area (Å²) in [6.07, 6.45) is 6.52. The maximum atomic E-state index is 11.1. The van der Waals surface area contributed by atoms with Gasteiger partial charge < -0.3 is 16.0 Å². The molecule has 0 radical (unpaired) electrons. The third-order valence-corrected chi connectivity index (χ3v) is 4.44. The van der Waals surface area contributed by atoms with E-state index in [4.69, 9.17) is 18.0 Å². The number of nitrogens with one attached hydrogen (secondary N) is 1. The number of amides is 1. The van der Waals surface area contributed by atoms with E-state index in [-0.39, 0.29) is 5.91 Å². The van der Waals surface area contributed by atoms with E-state index in [2.05, 4.69) is 17.4 Å². The van der Waals surface area contributed by atoms with E-state index in [1.807, 2.05) is 23.1 Å². The second-order valence-corrected chi connectivity index (χ2v) is 6.29. The highest BCUT2D eigenvalue weighted by molar-refractivity contribution is 7.80. The monoisotopic (exact) mass is 319 g/mol. The van der Waals surface area contributed by atoms with Crippen molar-refractivity contribution < 1.29 is 4.79 Å². The Morgan fingerprint density at radius 1 is 1.23 bits per heavy atom. The number of carbonyl (C=O) groups excluding carboxylic acids is 1. The Balaban J connectivity index is 1.95. The van der Waals surface area contributed by atoms with Gasteiger partial charge in [0.25, 0.3) is 0 Å². The quantitative estimate of drug-likeness (QED) is 0.791. The standard InChI is InChI=1S/C17H25N3OS/c18-16(21)11-12-20(13-14-7-3-1-4-8-14)17(22)19-15-9-5-2-6-10-15/h1,3-4,7-8,15H,2,5-6,9-13H2,(H2,18,21)(H,19,22). The first-order valence-corrected chi connectivity index (χ1v) is 8.43. The Kier molecular flexibility index (Phi) is 6.65. The fourth-order valence-corrected chi connectivity index (χ4v) is 3.14. The van der Waals surface area contributed by atoms with Gasteiger partial charge in [-0.25, -0.2) is 0 Å². The fourth-order valence-electron chi connectivity index (χ4n) is 2.81. The summed E-state index contributed by atoms with van der Waals surface area (Å²) in [5.41, 5.74) is 6.47. The number of rotatable bonds is 6. The van der Waals surface area contributed by atoms with Crippen molar-refractivity contribution in [2.24, 2.45) is 5.73 Å². The van der Waals surface area contributed by atoms with E-state index in [9.17, 15) is 4.79 Å². The summed E-state index contributed by atoms with van der Waals surface area (Å²) in [4.78, 5) is 13.1. The highest BCUT2D eigenvalue weighted by Gasteiger charge is 2.18. The number of hydrogen-bond acceptors (Lipinski definition) is 2. The lowest BCUT2D eigenvalue weighted by Gasteiger charge is -2.30. The summed E-state index contributed by atoms with van der Waals surface area (Å²) >= 11 is 5.57. The van der Waals surface area contributed by atoms with Gasteiger partial charge in [0.15, 0.2) is 5.11 Å². The van der Waals surface area contributed by atoms with Crippen LogP contribution in [0.1, 0.15) is 44.1 Å². The van der Waals surface area contributed by atoms with Crippen molar-refractivity contribution in [2.45, 2.75) is 51.1 Å². The van der Waals surface area contributed by atoms with Crippen LogP contribution >= 0.6 is 12.2 Å². The Bertz CT molecular complexity index is 486. The molecule has 0 heterocycles. The van der Waals surface area contributed by atoms with Gasteiger partial charge in [0.05, 0.1) is 0 Å². The molecular weight excluding hydrogens is 294 g/mol. The minimum Gasteiger partial charge on any atom is -0.370 e. The zero-order valence-electron chi connectivity index (χ0n) is 13.0. The molecular formula is C17H25N3OS. The second kappa shape index (κ2) is 8.73. The van der Waals surface area contributed by atoms with Crippen LogP contribution in [0.15, 0.2) is 30.3 Å². The molecule has 0 aliphatic heterocycles. The highest BCUT2D eigenvalue weighted by atomic mass is 32.1. The van der Waals surface area contributed by atoms with Gasteiger partial charge in [-0.2, -0.15) is 0 Å². The molecule has 1 aliphatic carbocycles. The summed E-state index contributed by atoms with van der Waals surface area (Å²) in [6, 6.07) is 10.6. The third kappa shape index (κ3) is 5.64. The first-order chi connectivity index (χ1) is 10.6. The molecule has 22 heavy (non-hydrogen) atoms. The largest absolute Gasteiger partial charge is 0.370 e. The Morgan fingerprint density at radius 2 is 1.91 bits per heavy atom. The summed E-state index contributed by atoms with van der Waals surface area (Å²) in [7, 11) is 0.